The first-order valence-corrected chi connectivity index (χ1v) is 11.7. The summed E-state index contributed by atoms with van der Waals surface area (Å²) >= 11 is 0. The lowest BCUT2D eigenvalue weighted by Gasteiger charge is -2.33. The molecular weight excluding hydrogens is 452 g/mol. The SMILES string of the molecule is COC1=CC2=[N+](CC(=O)c3ccc(OC)c(OC)c3)C(=O)N(C3CCCCC3)C(=O)C2C=C1OC. The number of amides is 3. The summed E-state index contributed by atoms with van der Waals surface area (Å²) in [6.45, 7) is -0.236. The van der Waals surface area contributed by atoms with E-state index in [0.29, 0.717) is 34.3 Å². The van der Waals surface area contributed by atoms with Crippen molar-refractivity contribution in [1.82, 2.24) is 4.90 Å². The highest BCUT2D eigenvalue weighted by molar-refractivity contribution is 6.17. The molecule has 3 aliphatic rings. The number of Topliss-reactive ketones (excluding diaryl/α,β-unsaturated/α-hetero) is 1. The Morgan fingerprint density at radius 3 is 2.26 bits per heavy atom. The van der Waals surface area contributed by atoms with Crippen molar-refractivity contribution in [3.8, 4) is 11.5 Å². The minimum absolute atomic E-state index is 0.184. The van der Waals surface area contributed by atoms with Gasteiger partial charge in [0.1, 0.15) is 17.7 Å². The molecule has 1 aromatic carbocycles. The van der Waals surface area contributed by atoms with Gasteiger partial charge in [-0.15, -0.1) is 0 Å². The van der Waals surface area contributed by atoms with Gasteiger partial charge in [0.2, 0.25) is 5.78 Å². The van der Waals surface area contributed by atoms with Crippen molar-refractivity contribution < 1.29 is 37.9 Å². The maximum atomic E-state index is 13.7. The fraction of sp³-hybridized carbons (Fsp3) is 0.462. The first-order valence-electron chi connectivity index (χ1n) is 11.7. The van der Waals surface area contributed by atoms with Crippen LogP contribution < -0.4 is 9.47 Å². The summed E-state index contributed by atoms with van der Waals surface area (Å²) in [5, 5.41) is 0. The van der Waals surface area contributed by atoms with Gasteiger partial charge in [0.25, 0.3) is 0 Å². The Morgan fingerprint density at radius 2 is 1.63 bits per heavy atom. The van der Waals surface area contributed by atoms with E-state index < -0.39 is 11.9 Å². The Balaban J connectivity index is 1.76. The zero-order valence-corrected chi connectivity index (χ0v) is 20.5. The highest BCUT2D eigenvalue weighted by Crippen LogP contribution is 2.32. The lowest BCUT2D eigenvalue weighted by molar-refractivity contribution is -0.426. The molecule has 9 nitrogen and oxygen atoms in total. The Labute approximate surface area is 204 Å². The summed E-state index contributed by atoms with van der Waals surface area (Å²) in [5.74, 6) is 0.373. The van der Waals surface area contributed by atoms with Gasteiger partial charge in [-0.3, -0.25) is 4.79 Å². The van der Waals surface area contributed by atoms with E-state index in [4.69, 9.17) is 18.9 Å². The second kappa shape index (κ2) is 10.3. The van der Waals surface area contributed by atoms with Crippen LogP contribution >= 0.6 is 0 Å². The highest BCUT2D eigenvalue weighted by atomic mass is 16.5. The van der Waals surface area contributed by atoms with Crippen LogP contribution in [-0.4, -0.2) is 73.9 Å². The third-order valence-electron chi connectivity index (χ3n) is 6.80. The van der Waals surface area contributed by atoms with E-state index >= 15 is 0 Å². The van der Waals surface area contributed by atoms with Crippen molar-refractivity contribution in [2.75, 3.05) is 35.0 Å². The van der Waals surface area contributed by atoms with Gasteiger partial charge in [-0.05, 0) is 50.0 Å². The van der Waals surface area contributed by atoms with Gasteiger partial charge in [0.05, 0.1) is 28.4 Å². The minimum atomic E-state index is -0.748. The molecule has 9 heteroatoms. The average molecular weight is 484 g/mol. The van der Waals surface area contributed by atoms with Crippen LogP contribution in [0.3, 0.4) is 0 Å². The van der Waals surface area contributed by atoms with Crippen LogP contribution in [0.15, 0.2) is 41.9 Å². The fourth-order valence-corrected chi connectivity index (χ4v) is 4.95. The molecule has 35 heavy (non-hydrogen) atoms. The number of benzene rings is 1. The molecule has 1 aliphatic heterocycles. The number of hydrogen-bond donors (Lipinski definition) is 0. The molecule has 0 aromatic heterocycles. The maximum Gasteiger partial charge on any atom is 0.501 e. The largest absolute Gasteiger partial charge is 0.501 e. The predicted octanol–water partition coefficient (Wildman–Crippen LogP) is 3.33. The molecule has 3 amide bonds. The van der Waals surface area contributed by atoms with Crippen molar-refractivity contribution in [3.63, 3.8) is 0 Å². The van der Waals surface area contributed by atoms with Gasteiger partial charge >= 0.3 is 11.9 Å². The second-order valence-electron chi connectivity index (χ2n) is 8.71. The van der Waals surface area contributed by atoms with E-state index in [2.05, 4.69) is 0 Å². The lowest BCUT2D eigenvalue weighted by Crippen LogP contribution is -2.59. The molecule has 1 saturated carbocycles. The van der Waals surface area contributed by atoms with E-state index in [1.54, 1.807) is 30.4 Å². The third-order valence-corrected chi connectivity index (χ3v) is 6.80. The summed E-state index contributed by atoms with van der Waals surface area (Å²) in [4.78, 5) is 42.0. The molecule has 1 fully saturated rings. The van der Waals surface area contributed by atoms with E-state index in [9.17, 15) is 14.4 Å². The van der Waals surface area contributed by atoms with Crippen molar-refractivity contribution in [1.29, 1.82) is 0 Å². The summed E-state index contributed by atoms with van der Waals surface area (Å²) in [6, 6.07) is 4.20. The molecule has 4 rings (SSSR count). The van der Waals surface area contributed by atoms with Crippen LogP contribution in [0, 0.1) is 5.92 Å². The average Bonchev–Trinajstić information content (AvgIpc) is 2.90. The molecule has 0 spiro atoms. The molecule has 0 bridgehead atoms. The number of fused-ring (bicyclic) bond motifs is 1. The Kier molecular flexibility index (Phi) is 7.23. The van der Waals surface area contributed by atoms with Gasteiger partial charge in [-0.25, -0.2) is 4.79 Å². The quantitative estimate of drug-likeness (QED) is 0.414. The molecule has 1 heterocycles. The van der Waals surface area contributed by atoms with E-state index in [1.165, 1.54) is 37.9 Å². The number of nitrogens with zero attached hydrogens (tertiary/aromatic N) is 2. The Bertz CT molecular complexity index is 1130. The first kappa shape index (κ1) is 24.5. The number of urea groups is 1. The Hall–Kier alpha value is -3.62. The van der Waals surface area contributed by atoms with Gasteiger partial charge in [-0.2, -0.15) is 14.3 Å². The zero-order valence-electron chi connectivity index (χ0n) is 20.5. The fourth-order valence-electron chi connectivity index (χ4n) is 4.95. The van der Waals surface area contributed by atoms with Crippen LogP contribution in [0.25, 0.3) is 0 Å². The standard InChI is InChI=1S/C26H31N2O7/c1-32-21-11-10-16(12-22(21)33-2)20(29)15-27-19-14-24(35-4)23(34-3)13-18(19)25(30)28(26(27)31)17-8-6-5-7-9-17/h10-14,17-18H,5-9,15H2,1-4H3/q+1. The van der Waals surface area contributed by atoms with Crippen LogP contribution in [0.1, 0.15) is 42.5 Å². The first-order chi connectivity index (χ1) is 16.9. The maximum absolute atomic E-state index is 13.7. The van der Waals surface area contributed by atoms with E-state index in [1.807, 2.05) is 0 Å². The smallest absolute Gasteiger partial charge is 0.493 e. The van der Waals surface area contributed by atoms with Crippen LogP contribution in [-0.2, 0) is 14.3 Å². The highest BCUT2D eigenvalue weighted by Gasteiger charge is 2.52. The van der Waals surface area contributed by atoms with E-state index in [-0.39, 0.29) is 24.3 Å². The Morgan fingerprint density at radius 1 is 0.943 bits per heavy atom. The number of imide groups is 1. The lowest BCUT2D eigenvalue weighted by atomic mass is 9.89. The summed E-state index contributed by atoms with van der Waals surface area (Å²) in [6.07, 6.45) is 7.80. The molecule has 2 aliphatic carbocycles. The van der Waals surface area contributed by atoms with Crippen LogP contribution in [0.4, 0.5) is 4.79 Å². The molecule has 1 atom stereocenters. The number of ether oxygens (including phenoxy) is 4. The predicted molar refractivity (Wildman–Crippen MR) is 127 cm³/mol. The molecule has 0 radical (unpaired) electrons. The van der Waals surface area contributed by atoms with Crippen molar-refractivity contribution in [2.45, 2.75) is 38.1 Å². The molecule has 0 N–H and O–H groups in total. The number of allylic oxidation sites excluding steroid dienone is 1. The number of carbonyl (C=O) groups is 3. The number of ketones is 1. The number of methoxy groups -OCH3 is 4. The van der Waals surface area contributed by atoms with Gasteiger partial charge in [0, 0.05) is 11.6 Å². The molecule has 1 aromatic rings. The molecular formula is C26H31N2O7+. The van der Waals surface area contributed by atoms with Crippen molar-refractivity contribution in [3.05, 3.63) is 47.4 Å². The zero-order chi connectivity index (χ0) is 25.1. The molecule has 186 valence electrons. The topological polar surface area (TPSA) is 94.4 Å². The van der Waals surface area contributed by atoms with Crippen molar-refractivity contribution in [2.24, 2.45) is 5.92 Å². The number of hydrogen-bond acceptors (Lipinski definition) is 7. The van der Waals surface area contributed by atoms with Gasteiger partial charge in [-0.1, -0.05) is 6.42 Å². The van der Waals surface area contributed by atoms with Crippen LogP contribution in [0.5, 0.6) is 11.5 Å². The normalized spacial score (nSPS) is 20.7. The monoisotopic (exact) mass is 483 g/mol. The minimum Gasteiger partial charge on any atom is -0.493 e. The van der Waals surface area contributed by atoms with E-state index in [0.717, 1.165) is 32.1 Å². The second-order valence-corrected chi connectivity index (χ2v) is 8.71. The molecule has 0 saturated heterocycles. The summed E-state index contributed by atoms with van der Waals surface area (Å²) < 4.78 is 22.8. The summed E-state index contributed by atoms with van der Waals surface area (Å²) in [5.41, 5.74) is 0.770. The molecule has 1 unspecified atom stereocenters. The van der Waals surface area contributed by atoms with Gasteiger partial charge in [0.15, 0.2) is 29.6 Å². The summed E-state index contributed by atoms with van der Waals surface area (Å²) in [7, 11) is 6.00. The third kappa shape index (κ3) is 4.54. The van der Waals surface area contributed by atoms with Crippen LogP contribution in [0.2, 0.25) is 0 Å². The van der Waals surface area contributed by atoms with Gasteiger partial charge < -0.3 is 18.9 Å². The number of rotatable bonds is 8. The van der Waals surface area contributed by atoms with Crippen molar-refractivity contribution >= 4 is 23.4 Å². The number of carbonyl (C=O) groups excluding carboxylic acids is 3.